The van der Waals surface area contributed by atoms with Gasteiger partial charge in [-0.15, -0.1) is 5.48 Å². The van der Waals surface area contributed by atoms with Crippen LogP contribution in [0.2, 0.25) is 0 Å². The van der Waals surface area contributed by atoms with Gasteiger partial charge in [0.2, 0.25) is 5.82 Å². The average Bonchev–Trinajstić information content (AvgIpc) is 2.92. The quantitative estimate of drug-likeness (QED) is 0.664. The third kappa shape index (κ3) is 2.18. The standard InChI is InChI=1S/C13H18N4O3/c1-16-11(17(18)19)8-14-13(16)12-9-6-4-2-3-5-7-10(9)20-15-12/h8,12,15H,2-7H2,1H3. The highest BCUT2D eigenvalue weighted by atomic mass is 16.7. The van der Waals surface area contributed by atoms with E-state index in [0.29, 0.717) is 5.82 Å². The molecule has 7 nitrogen and oxygen atoms in total. The minimum Gasteiger partial charge on any atom is -0.412 e. The van der Waals surface area contributed by atoms with Crippen LogP contribution in [0.1, 0.15) is 50.4 Å². The summed E-state index contributed by atoms with van der Waals surface area (Å²) in [6.45, 7) is 0. The molecular weight excluding hydrogens is 260 g/mol. The largest absolute Gasteiger partial charge is 0.412 e. The third-order valence-corrected chi connectivity index (χ3v) is 4.05. The van der Waals surface area contributed by atoms with Crippen molar-refractivity contribution in [3.05, 3.63) is 33.5 Å². The molecule has 1 aromatic rings. The zero-order chi connectivity index (χ0) is 14.1. The Kier molecular flexibility index (Phi) is 3.43. The van der Waals surface area contributed by atoms with Gasteiger partial charge in [0.05, 0.1) is 7.05 Å². The number of allylic oxidation sites excluding steroid dienone is 1. The van der Waals surface area contributed by atoms with Crippen molar-refractivity contribution in [2.75, 3.05) is 0 Å². The Morgan fingerprint density at radius 3 is 2.85 bits per heavy atom. The van der Waals surface area contributed by atoms with E-state index in [4.69, 9.17) is 4.84 Å². The first-order chi connectivity index (χ1) is 9.68. The van der Waals surface area contributed by atoms with Crippen LogP contribution in [0.4, 0.5) is 5.82 Å². The number of aromatic nitrogens is 2. The Morgan fingerprint density at radius 2 is 2.15 bits per heavy atom. The van der Waals surface area contributed by atoms with Crippen molar-refractivity contribution in [3.63, 3.8) is 0 Å². The van der Waals surface area contributed by atoms with Gasteiger partial charge in [0.15, 0.2) is 0 Å². The number of nitrogens with zero attached hydrogens (tertiary/aromatic N) is 3. The highest BCUT2D eigenvalue weighted by Gasteiger charge is 2.35. The summed E-state index contributed by atoms with van der Waals surface area (Å²) in [5.41, 5.74) is 4.19. The van der Waals surface area contributed by atoms with Crippen LogP contribution in [0, 0.1) is 10.1 Å². The van der Waals surface area contributed by atoms with E-state index in [9.17, 15) is 10.1 Å². The van der Waals surface area contributed by atoms with E-state index < -0.39 is 4.92 Å². The lowest BCUT2D eigenvalue weighted by atomic mass is 9.94. The zero-order valence-electron chi connectivity index (χ0n) is 11.5. The van der Waals surface area contributed by atoms with E-state index in [1.807, 2.05) is 0 Å². The lowest BCUT2D eigenvalue weighted by Crippen LogP contribution is -2.19. The van der Waals surface area contributed by atoms with Gasteiger partial charge in [0.25, 0.3) is 0 Å². The molecule has 108 valence electrons. The molecule has 0 saturated carbocycles. The second kappa shape index (κ2) is 5.24. The highest BCUT2D eigenvalue weighted by Crippen LogP contribution is 2.37. The molecule has 0 radical (unpaired) electrons. The minimum atomic E-state index is -0.417. The fourth-order valence-electron chi connectivity index (χ4n) is 2.94. The van der Waals surface area contributed by atoms with Crippen molar-refractivity contribution in [2.45, 2.75) is 44.6 Å². The summed E-state index contributed by atoms with van der Waals surface area (Å²) < 4.78 is 1.52. The topological polar surface area (TPSA) is 82.2 Å². The Bertz CT molecular complexity index is 564. The van der Waals surface area contributed by atoms with Gasteiger partial charge in [-0.1, -0.05) is 12.8 Å². The fourth-order valence-corrected chi connectivity index (χ4v) is 2.94. The van der Waals surface area contributed by atoms with Crippen LogP contribution in [0.15, 0.2) is 17.5 Å². The summed E-state index contributed by atoms with van der Waals surface area (Å²) in [4.78, 5) is 20.3. The molecule has 2 heterocycles. The van der Waals surface area contributed by atoms with E-state index in [-0.39, 0.29) is 11.9 Å². The maximum Gasteiger partial charge on any atom is 0.342 e. The molecule has 0 fully saturated rings. The first-order valence-electron chi connectivity index (χ1n) is 6.99. The molecular formula is C13H18N4O3. The molecule has 2 aliphatic rings. The lowest BCUT2D eigenvalue weighted by molar-refractivity contribution is -0.391. The molecule has 1 aliphatic carbocycles. The van der Waals surface area contributed by atoms with Gasteiger partial charge < -0.3 is 15.0 Å². The molecule has 1 N–H and O–H groups in total. The molecule has 0 amide bonds. The predicted molar refractivity (Wildman–Crippen MR) is 71.6 cm³/mol. The average molecular weight is 278 g/mol. The zero-order valence-corrected chi connectivity index (χ0v) is 11.5. The lowest BCUT2D eigenvalue weighted by Gasteiger charge is -2.12. The van der Waals surface area contributed by atoms with Gasteiger partial charge in [0, 0.05) is 12.0 Å². The number of nitrogens with one attached hydrogen (secondary N) is 1. The molecule has 0 aromatic carbocycles. The molecule has 0 spiro atoms. The van der Waals surface area contributed by atoms with Crippen LogP contribution < -0.4 is 5.48 Å². The first kappa shape index (κ1) is 13.1. The summed E-state index contributed by atoms with van der Waals surface area (Å²) in [6, 6.07) is -0.165. The van der Waals surface area contributed by atoms with Crippen LogP contribution in [-0.2, 0) is 11.9 Å². The van der Waals surface area contributed by atoms with Gasteiger partial charge in [0.1, 0.15) is 18.0 Å². The monoisotopic (exact) mass is 278 g/mol. The Balaban J connectivity index is 1.92. The number of imidazole rings is 1. The summed E-state index contributed by atoms with van der Waals surface area (Å²) in [6.07, 6.45) is 7.93. The summed E-state index contributed by atoms with van der Waals surface area (Å²) in [7, 11) is 1.67. The summed E-state index contributed by atoms with van der Waals surface area (Å²) in [5.74, 6) is 1.64. The molecule has 3 rings (SSSR count). The molecule has 7 heteroatoms. The maximum absolute atomic E-state index is 10.9. The van der Waals surface area contributed by atoms with Crippen LogP contribution in [-0.4, -0.2) is 14.5 Å². The van der Waals surface area contributed by atoms with Gasteiger partial charge in [-0.2, -0.15) is 0 Å². The number of hydroxylamine groups is 1. The van der Waals surface area contributed by atoms with Gasteiger partial charge >= 0.3 is 5.82 Å². The fraction of sp³-hybridized carbons (Fsp3) is 0.615. The highest BCUT2D eigenvalue weighted by molar-refractivity contribution is 5.29. The second-order valence-electron chi connectivity index (χ2n) is 5.31. The maximum atomic E-state index is 10.9. The number of hydrogen-bond donors (Lipinski definition) is 1. The van der Waals surface area contributed by atoms with E-state index in [1.165, 1.54) is 29.2 Å². The summed E-state index contributed by atoms with van der Waals surface area (Å²) in [5, 5.41) is 10.9. The molecule has 1 unspecified atom stereocenters. The number of rotatable bonds is 2. The van der Waals surface area contributed by atoms with Crippen molar-refractivity contribution in [3.8, 4) is 0 Å². The Hall–Kier alpha value is -1.89. The Labute approximate surface area is 116 Å². The smallest absolute Gasteiger partial charge is 0.342 e. The van der Waals surface area contributed by atoms with Crippen molar-refractivity contribution in [1.29, 1.82) is 0 Å². The predicted octanol–water partition coefficient (Wildman–Crippen LogP) is 2.51. The van der Waals surface area contributed by atoms with E-state index in [2.05, 4.69) is 10.5 Å². The van der Waals surface area contributed by atoms with E-state index in [0.717, 1.165) is 31.4 Å². The van der Waals surface area contributed by atoms with Crippen LogP contribution in [0.25, 0.3) is 0 Å². The third-order valence-electron chi connectivity index (χ3n) is 4.05. The Morgan fingerprint density at radius 1 is 1.40 bits per heavy atom. The molecule has 0 bridgehead atoms. The van der Waals surface area contributed by atoms with E-state index >= 15 is 0 Å². The van der Waals surface area contributed by atoms with Crippen molar-refractivity contribution in [1.82, 2.24) is 15.0 Å². The molecule has 1 aromatic heterocycles. The normalized spacial score (nSPS) is 22.9. The minimum absolute atomic E-state index is 0.00157. The molecule has 0 saturated heterocycles. The second-order valence-corrected chi connectivity index (χ2v) is 5.31. The molecule has 1 aliphatic heterocycles. The molecule has 20 heavy (non-hydrogen) atoms. The van der Waals surface area contributed by atoms with Crippen LogP contribution in [0.5, 0.6) is 0 Å². The summed E-state index contributed by atoms with van der Waals surface area (Å²) >= 11 is 0. The number of hydrogen-bond acceptors (Lipinski definition) is 5. The van der Waals surface area contributed by atoms with Gasteiger partial charge in [-0.05, 0) is 24.2 Å². The van der Waals surface area contributed by atoms with Crippen LogP contribution >= 0.6 is 0 Å². The molecule has 1 atom stereocenters. The van der Waals surface area contributed by atoms with E-state index in [1.54, 1.807) is 7.05 Å². The van der Waals surface area contributed by atoms with Gasteiger partial charge in [-0.3, -0.25) is 0 Å². The van der Waals surface area contributed by atoms with Crippen LogP contribution in [0.3, 0.4) is 0 Å². The van der Waals surface area contributed by atoms with Crippen molar-refractivity contribution in [2.24, 2.45) is 7.05 Å². The first-order valence-corrected chi connectivity index (χ1v) is 6.99. The van der Waals surface area contributed by atoms with Crippen molar-refractivity contribution >= 4 is 5.82 Å². The SMILES string of the molecule is Cn1c([N+](=O)[O-])cnc1C1NOC2=C1CCCCCC2. The van der Waals surface area contributed by atoms with Crippen molar-refractivity contribution < 1.29 is 9.76 Å². The number of nitro groups is 1. The van der Waals surface area contributed by atoms with Gasteiger partial charge in [-0.25, -0.2) is 9.55 Å².